The van der Waals surface area contributed by atoms with Gasteiger partial charge in [-0.05, 0) is 37.3 Å². The number of nitrogens with one attached hydrogen (secondary N) is 1. The van der Waals surface area contributed by atoms with Crippen molar-refractivity contribution in [2.24, 2.45) is 0 Å². The normalized spacial score (nSPS) is 17.6. The van der Waals surface area contributed by atoms with E-state index < -0.39 is 6.04 Å². The van der Waals surface area contributed by atoms with E-state index in [-0.39, 0.29) is 11.9 Å². The molecule has 1 saturated heterocycles. The summed E-state index contributed by atoms with van der Waals surface area (Å²) in [6.45, 7) is 2.53. The molecule has 1 fully saturated rings. The van der Waals surface area contributed by atoms with E-state index in [0.717, 1.165) is 0 Å². The number of piperazine rings is 1. The molecule has 3 rings (SSSR count). The van der Waals surface area contributed by atoms with Gasteiger partial charge in [0.25, 0.3) is 0 Å². The number of nitrogens with zero attached hydrogens (tertiary/aromatic N) is 2. The molecule has 130 valence electrons. The lowest BCUT2D eigenvalue weighted by atomic mass is 10.1. The number of amides is 3. The van der Waals surface area contributed by atoms with Crippen LogP contribution in [0.2, 0.25) is 10.0 Å². The van der Waals surface area contributed by atoms with E-state index in [0.29, 0.717) is 34.5 Å². The number of carbonyl (C=O) groups excluding carboxylic acids is 2. The number of urea groups is 1. The van der Waals surface area contributed by atoms with Crippen molar-refractivity contribution < 1.29 is 9.59 Å². The van der Waals surface area contributed by atoms with Crippen molar-refractivity contribution >= 4 is 46.5 Å². The summed E-state index contributed by atoms with van der Waals surface area (Å²) in [4.78, 5) is 28.3. The van der Waals surface area contributed by atoms with Gasteiger partial charge in [0, 0.05) is 24.5 Å². The summed E-state index contributed by atoms with van der Waals surface area (Å²) in [5, 5.41) is 3.64. The van der Waals surface area contributed by atoms with Crippen LogP contribution in [0.4, 0.5) is 16.2 Å². The quantitative estimate of drug-likeness (QED) is 0.849. The van der Waals surface area contributed by atoms with Gasteiger partial charge < -0.3 is 15.1 Å². The van der Waals surface area contributed by atoms with Crippen molar-refractivity contribution in [2.75, 3.05) is 23.3 Å². The average molecular weight is 378 g/mol. The second kappa shape index (κ2) is 7.33. The van der Waals surface area contributed by atoms with Gasteiger partial charge >= 0.3 is 6.03 Å². The fourth-order valence-corrected chi connectivity index (χ4v) is 3.07. The number of carbonyl (C=O) groups is 2. The maximum atomic E-state index is 12.7. The van der Waals surface area contributed by atoms with Gasteiger partial charge in [-0.3, -0.25) is 4.79 Å². The molecule has 0 bridgehead atoms. The van der Waals surface area contributed by atoms with E-state index in [2.05, 4.69) is 5.32 Å². The highest BCUT2D eigenvalue weighted by atomic mass is 35.5. The lowest BCUT2D eigenvalue weighted by Gasteiger charge is -2.39. The van der Waals surface area contributed by atoms with Crippen molar-refractivity contribution in [3.05, 3.63) is 58.6 Å². The Bertz CT molecular complexity index is 798. The Hall–Kier alpha value is -2.24. The summed E-state index contributed by atoms with van der Waals surface area (Å²) in [6.07, 6.45) is 0. The molecule has 1 heterocycles. The van der Waals surface area contributed by atoms with Crippen LogP contribution in [-0.2, 0) is 4.79 Å². The Balaban J connectivity index is 1.72. The van der Waals surface area contributed by atoms with Gasteiger partial charge in [0.15, 0.2) is 0 Å². The molecule has 0 radical (unpaired) electrons. The maximum absolute atomic E-state index is 12.7. The van der Waals surface area contributed by atoms with Gasteiger partial charge in [0.05, 0.1) is 10.0 Å². The van der Waals surface area contributed by atoms with Gasteiger partial charge in [-0.15, -0.1) is 0 Å². The van der Waals surface area contributed by atoms with E-state index in [1.807, 2.05) is 18.2 Å². The SMILES string of the molecule is CC1C(=O)N(c2ccc(Cl)c(Cl)c2)CCN1C(=O)Nc1ccccc1. The third kappa shape index (κ3) is 3.72. The molecule has 1 aliphatic heterocycles. The monoisotopic (exact) mass is 377 g/mol. The maximum Gasteiger partial charge on any atom is 0.322 e. The zero-order chi connectivity index (χ0) is 18.0. The van der Waals surface area contributed by atoms with Crippen LogP contribution in [0.3, 0.4) is 0 Å². The first-order valence-electron chi connectivity index (χ1n) is 7.86. The molecule has 0 aromatic heterocycles. The summed E-state index contributed by atoms with van der Waals surface area (Å²) in [7, 11) is 0. The van der Waals surface area contributed by atoms with Gasteiger partial charge in [0.1, 0.15) is 6.04 Å². The molecule has 1 unspecified atom stereocenters. The lowest BCUT2D eigenvalue weighted by molar-refractivity contribution is -0.123. The molecular weight excluding hydrogens is 361 g/mol. The van der Waals surface area contributed by atoms with Crippen molar-refractivity contribution in [2.45, 2.75) is 13.0 Å². The van der Waals surface area contributed by atoms with Crippen LogP contribution >= 0.6 is 23.2 Å². The smallest absolute Gasteiger partial charge is 0.311 e. The Labute approximate surface area is 156 Å². The Morgan fingerprint density at radius 1 is 1.08 bits per heavy atom. The minimum atomic E-state index is -0.577. The summed E-state index contributed by atoms with van der Waals surface area (Å²) in [5.74, 6) is -0.159. The van der Waals surface area contributed by atoms with Crippen LogP contribution in [-0.4, -0.2) is 36.0 Å². The van der Waals surface area contributed by atoms with Crippen molar-refractivity contribution in [1.29, 1.82) is 0 Å². The summed E-state index contributed by atoms with van der Waals surface area (Å²) >= 11 is 12.0. The Morgan fingerprint density at radius 2 is 1.80 bits per heavy atom. The molecule has 2 aromatic carbocycles. The van der Waals surface area contributed by atoms with Gasteiger partial charge in [-0.1, -0.05) is 41.4 Å². The predicted octanol–water partition coefficient (Wildman–Crippen LogP) is 4.26. The first-order chi connectivity index (χ1) is 12.0. The standard InChI is InChI=1S/C18H17Cl2N3O2/c1-12-17(24)23(14-7-8-15(19)16(20)11-14)10-9-22(12)18(25)21-13-5-3-2-4-6-13/h2-8,11-12H,9-10H2,1H3,(H,21,25). The fraction of sp³-hybridized carbons (Fsp3) is 0.222. The summed E-state index contributed by atoms with van der Waals surface area (Å²) < 4.78 is 0. The van der Waals surface area contributed by atoms with Crippen molar-refractivity contribution in [1.82, 2.24) is 4.90 Å². The van der Waals surface area contributed by atoms with E-state index >= 15 is 0 Å². The highest BCUT2D eigenvalue weighted by molar-refractivity contribution is 6.42. The summed E-state index contributed by atoms with van der Waals surface area (Å²) in [5.41, 5.74) is 1.37. The average Bonchev–Trinajstić information content (AvgIpc) is 2.60. The number of para-hydroxylation sites is 1. The number of halogens is 2. The predicted molar refractivity (Wildman–Crippen MR) is 100 cm³/mol. The van der Waals surface area contributed by atoms with E-state index in [1.54, 1.807) is 42.2 Å². The number of anilines is 2. The topological polar surface area (TPSA) is 52.7 Å². The second-order valence-corrected chi connectivity index (χ2v) is 6.57. The first-order valence-corrected chi connectivity index (χ1v) is 8.62. The Morgan fingerprint density at radius 3 is 2.48 bits per heavy atom. The minimum Gasteiger partial charge on any atom is -0.311 e. The zero-order valence-electron chi connectivity index (χ0n) is 13.6. The molecule has 0 saturated carbocycles. The van der Waals surface area contributed by atoms with Crippen LogP contribution in [0.15, 0.2) is 48.5 Å². The number of benzene rings is 2. The van der Waals surface area contributed by atoms with Gasteiger partial charge in [0.2, 0.25) is 5.91 Å². The fourth-order valence-electron chi connectivity index (χ4n) is 2.77. The van der Waals surface area contributed by atoms with Crippen LogP contribution < -0.4 is 10.2 Å². The highest BCUT2D eigenvalue weighted by Crippen LogP contribution is 2.29. The van der Waals surface area contributed by atoms with Gasteiger partial charge in [-0.25, -0.2) is 4.79 Å². The molecule has 7 heteroatoms. The molecule has 3 amide bonds. The van der Waals surface area contributed by atoms with E-state index in [4.69, 9.17) is 23.2 Å². The first kappa shape index (κ1) is 17.6. The molecule has 0 spiro atoms. The molecular formula is C18H17Cl2N3O2. The number of rotatable bonds is 2. The number of hydrogen-bond donors (Lipinski definition) is 1. The van der Waals surface area contributed by atoms with Crippen LogP contribution in [0.1, 0.15) is 6.92 Å². The third-order valence-electron chi connectivity index (χ3n) is 4.16. The molecule has 1 N–H and O–H groups in total. The van der Waals surface area contributed by atoms with E-state index in [1.165, 1.54) is 4.90 Å². The second-order valence-electron chi connectivity index (χ2n) is 5.75. The molecule has 0 aliphatic carbocycles. The molecule has 1 aliphatic rings. The molecule has 25 heavy (non-hydrogen) atoms. The lowest BCUT2D eigenvalue weighted by Crippen LogP contribution is -2.58. The Kier molecular flexibility index (Phi) is 5.16. The van der Waals surface area contributed by atoms with Crippen LogP contribution in [0, 0.1) is 0 Å². The van der Waals surface area contributed by atoms with Gasteiger partial charge in [-0.2, -0.15) is 0 Å². The third-order valence-corrected chi connectivity index (χ3v) is 4.90. The molecule has 5 nitrogen and oxygen atoms in total. The van der Waals surface area contributed by atoms with Crippen LogP contribution in [0.25, 0.3) is 0 Å². The largest absolute Gasteiger partial charge is 0.322 e. The van der Waals surface area contributed by atoms with Crippen molar-refractivity contribution in [3.8, 4) is 0 Å². The zero-order valence-corrected chi connectivity index (χ0v) is 15.1. The molecule has 2 aromatic rings. The van der Waals surface area contributed by atoms with E-state index in [9.17, 15) is 9.59 Å². The van der Waals surface area contributed by atoms with Crippen LogP contribution in [0.5, 0.6) is 0 Å². The molecule has 1 atom stereocenters. The highest BCUT2D eigenvalue weighted by Gasteiger charge is 2.35. The van der Waals surface area contributed by atoms with Crippen molar-refractivity contribution in [3.63, 3.8) is 0 Å². The number of hydrogen-bond acceptors (Lipinski definition) is 2. The minimum absolute atomic E-state index is 0.159. The summed E-state index contributed by atoms with van der Waals surface area (Å²) in [6, 6.07) is 13.4.